The SMILES string of the molecule is CN=C(NCCNC(=O)c1ccccc1)NC1CCN(Cc2cc(OC)cc(OC)c2)C1.I. The van der Waals surface area contributed by atoms with E-state index in [4.69, 9.17) is 9.47 Å². The molecular weight excluding hydrogens is 533 g/mol. The Bertz CT molecular complexity index is 888. The van der Waals surface area contributed by atoms with Gasteiger partial charge in [-0.2, -0.15) is 0 Å². The van der Waals surface area contributed by atoms with Gasteiger partial charge >= 0.3 is 0 Å². The monoisotopic (exact) mass is 567 g/mol. The maximum absolute atomic E-state index is 12.1. The molecule has 2 aromatic rings. The largest absolute Gasteiger partial charge is 0.497 e. The average molecular weight is 567 g/mol. The molecule has 0 aromatic heterocycles. The Morgan fingerprint density at radius 1 is 1.06 bits per heavy atom. The maximum Gasteiger partial charge on any atom is 0.251 e. The van der Waals surface area contributed by atoms with Crippen LogP contribution in [0.2, 0.25) is 0 Å². The van der Waals surface area contributed by atoms with E-state index in [1.807, 2.05) is 36.4 Å². The highest BCUT2D eigenvalue weighted by atomic mass is 127. The number of guanidine groups is 1. The van der Waals surface area contributed by atoms with Crippen molar-refractivity contribution >= 4 is 35.8 Å². The van der Waals surface area contributed by atoms with Crippen molar-refractivity contribution < 1.29 is 14.3 Å². The third-order valence-electron chi connectivity index (χ3n) is 5.39. The van der Waals surface area contributed by atoms with Gasteiger partial charge in [-0.1, -0.05) is 18.2 Å². The molecule has 3 rings (SSSR count). The summed E-state index contributed by atoms with van der Waals surface area (Å²) in [4.78, 5) is 18.8. The van der Waals surface area contributed by atoms with Crippen LogP contribution in [0.5, 0.6) is 11.5 Å². The van der Waals surface area contributed by atoms with Crippen LogP contribution in [0.3, 0.4) is 0 Å². The van der Waals surface area contributed by atoms with Gasteiger partial charge in [0.05, 0.1) is 14.2 Å². The van der Waals surface area contributed by atoms with Gasteiger partial charge in [-0.15, -0.1) is 24.0 Å². The maximum atomic E-state index is 12.1. The Morgan fingerprint density at radius 2 is 1.73 bits per heavy atom. The van der Waals surface area contributed by atoms with E-state index >= 15 is 0 Å². The topological polar surface area (TPSA) is 87.2 Å². The molecule has 0 spiro atoms. The summed E-state index contributed by atoms with van der Waals surface area (Å²) >= 11 is 0. The highest BCUT2D eigenvalue weighted by molar-refractivity contribution is 14.0. The molecule has 0 radical (unpaired) electrons. The number of hydrogen-bond donors (Lipinski definition) is 3. The molecule has 1 aliphatic heterocycles. The molecule has 0 aliphatic carbocycles. The zero-order valence-corrected chi connectivity index (χ0v) is 21.8. The number of ether oxygens (including phenoxy) is 2. The molecule has 0 saturated carbocycles. The van der Waals surface area contributed by atoms with Crippen LogP contribution >= 0.6 is 24.0 Å². The second-order valence-electron chi connectivity index (χ2n) is 7.71. The van der Waals surface area contributed by atoms with Crippen molar-refractivity contribution in [3.63, 3.8) is 0 Å². The van der Waals surface area contributed by atoms with E-state index in [1.54, 1.807) is 33.4 Å². The summed E-state index contributed by atoms with van der Waals surface area (Å²) in [6.07, 6.45) is 1.03. The summed E-state index contributed by atoms with van der Waals surface area (Å²) in [5.41, 5.74) is 1.83. The highest BCUT2D eigenvalue weighted by Gasteiger charge is 2.23. The molecule has 33 heavy (non-hydrogen) atoms. The molecule has 1 aliphatic rings. The van der Waals surface area contributed by atoms with Crippen molar-refractivity contribution in [3.8, 4) is 11.5 Å². The summed E-state index contributed by atoms with van der Waals surface area (Å²) in [6, 6.07) is 15.5. The number of hydrogen-bond acceptors (Lipinski definition) is 5. The first-order valence-corrected chi connectivity index (χ1v) is 10.9. The van der Waals surface area contributed by atoms with Crippen LogP contribution in [0.25, 0.3) is 0 Å². The van der Waals surface area contributed by atoms with Gasteiger partial charge in [-0.05, 0) is 36.2 Å². The fourth-order valence-corrected chi connectivity index (χ4v) is 3.75. The zero-order chi connectivity index (χ0) is 22.8. The number of methoxy groups -OCH3 is 2. The summed E-state index contributed by atoms with van der Waals surface area (Å²) in [5, 5.41) is 9.66. The van der Waals surface area contributed by atoms with Crippen LogP contribution < -0.4 is 25.4 Å². The lowest BCUT2D eigenvalue weighted by atomic mass is 10.2. The molecule has 9 heteroatoms. The van der Waals surface area contributed by atoms with Crippen LogP contribution in [0.1, 0.15) is 22.3 Å². The first kappa shape index (κ1) is 26.7. The molecule has 3 N–H and O–H groups in total. The minimum absolute atomic E-state index is 0. The van der Waals surface area contributed by atoms with E-state index in [0.717, 1.165) is 43.5 Å². The lowest BCUT2D eigenvalue weighted by Crippen LogP contribution is -2.46. The Morgan fingerprint density at radius 3 is 2.36 bits per heavy atom. The lowest BCUT2D eigenvalue weighted by Gasteiger charge is -2.19. The molecule has 1 unspecified atom stereocenters. The first-order chi connectivity index (χ1) is 15.6. The number of benzene rings is 2. The van der Waals surface area contributed by atoms with Crippen LogP contribution in [0.4, 0.5) is 0 Å². The molecule has 1 heterocycles. The Hall–Kier alpha value is -2.53. The minimum Gasteiger partial charge on any atom is -0.497 e. The Kier molecular flexibility index (Phi) is 11.2. The minimum atomic E-state index is -0.0732. The van der Waals surface area contributed by atoms with Crippen molar-refractivity contribution in [1.82, 2.24) is 20.9 Å². The van der Waals surface area contributed by atoms with Gasteiger partial charge in [-0.3, -0.25) is 14.7 Å². The van der Waals surface area contributed by atoms with E-state index in [-0.39, 0.29) is 29.9 Å². The number of nitrogens with zero attached hydrogens (tertiary/aromatic N) is 2. The zero-order valence-electron chi connectivity index (χ0n) is 19.5. The fraction of sp³-hybridized carbons (Fsp3) is 0.417. The van der Waals surface area contributed by atoms with E-state index in [9.17, 15) is 4.79 Å². The van der Waals surface area contributed by atoms with Crippen molar-refractivity contribution in [1.29, 1.82) is 0 Å². The van der Waals surface area contributed by atoms with Gasteiger partial charge < -0.3 is 25.4 Å². The lowest BCUT2D eigenvalue weighted by molar-refractivity contribution is 0.0954. The van der Waals surface area contributed by atoms with E-state index < -0.39 is 0 Å². The summed E-state index contributed by atoms with van der Waals surface area (Å²) < 4.78 is 10.8. The second kappa shape index (κ2) is 13.9. The third kappa shape index (κ3) is 8.39. The number of halogens is 1. The van der Waals surface area contributed by atoms with Crippen molar-refractivity contribution in [2.75, 3.05) is 47.4 Å². The predicted octanol–water partition coefficient (Wildman–Crippen LogP) is 2.49. The summed E-state index contributed by atoms with van der Waals surface area (Å²) in [7, 11) is 5.09. The van der Waals surface area contributed by atoms with E-state index in [2.05, 4.69) is 25.8 Å². The quantitative estimate of drug-likeness (QED) is 0.187. The van der Waals surface area contributed by atoms with Crippen molar-refractivity contribution in [2.45, 2.75) is 19.0 Å². The normalized spacial score (nSPS) is 16.0. The summed E-state index contributed by atoms with van der Waals surface area (Å²) in [5.74, 6) is 2.28. The smallest absolute Gasteiger partial charge is 0.251 e. The molecule has 8 nitrogen and oxygen atoms in total. The van der Waals surface area contributed by atoms with Gasteiger partial charge in [-0.25, -0.2) is 0 Å². The van der Waals surface area contributed by atoms with Crippen LogP contribution in [0.15, 0.2) is 53.5 Å². The summed E-state index contributed by atoms with van der Waals surface area (Å²) in [6.45, 7) is 3.87. The molecule has 1 saturated heterocycles. The molecule has 0 bridgehead atoms. The van der Waals surface area contributed by atoms with Gasteiger partial charge in [0.25, 0.3) is 5.91 Å². The van der Waals surface area contributed by atoms with E-state index in [1.165, 1.54) is 5.56 Å². The fourth-order valence-electron chi connectivity index (χ4n) is 3.75. The van der Waals surface area contributed by atoms with Gasteiger partial charge in [0.2, 0.25) is 0 Å². The number of aliphatic imine (C=N–C) groups is 1. The molecule has 1 atom stereocenters. The van der Waals surface area contributed by atoms with Crippen LogP contribution in [-0.4, -0.2) is 70.3 Å². The Labute approximate surface area is 213 Å². The Balaban J connectivity index is 0.00000385. The van der Waals surface area contributed by atoms with Crippen molar-refractivity contribution in [2.24, 2.45) is 4.99 Å². The third-order valence-corrected chi connectivity index (χ3v) is 5.39. The second-order valence-corrected chi connectivity index (χ2v) is 7.71. The molecular formula is C24H34IN5O3. The number of carbonyl (C=O) groups excluding carboxylic acids is 1. The number of carbonyl (C=O) groups is 1. The predicted molar refractivity (Wildman–Crippen MR) is 142 cm³/mol. The average Bonchev–Trinajstić information content (AvgIpc) is 3.27. The number of amides is 1. The van der Waals surface area contributed by atoms with Crippen molar-refractivity contribution in [3.05, 3.63) is 59.7 Å². The molecule has 1 amide bonds. The van der Waals surface area contributed by atoms with Crippen LogP contribution in [-0.2, 0) is 6.54 Å². The number of nitrogens with one attached hydrogen (secondary N) is 3. The van der Waals surface area contributed by atoms with Gasteiger partial charge in [0, 0.05) is 57.4 Å². The van der Waals surface area contributed by atoms with E-state index in [0.29, 0.717) is 24.7 Å². The number of rotatable bonds is 9. The number of likely N-dealkylation sites (tertiary alicyclic amines) is 1. The molecule has 1 fully saturated rings. The van der Waals surface area contributed by atoms with Gasteiger partial charge in [0.1, 0.15) is 11.5 Å². The van der Waals surface area contributed by atoms with Crippen LogP contribution in [0, 0.1) is 0 Å². The first-order valence-electron chi connectivity index (χ1n) is 10.9. The standard InChI is InChI=1S/C24H33N5O3.HI/c1-25-24(27-11-10-26-23(30)19-7-5-4-6-8-19)28-20-9-12-29(17-20)16-18-13-21(31-2)15-22(14-18)32-3;/h4-8,13-15,20H,9-12,16-17H2,1-3H3,(H,26,30)(H2,25,27,28);1H. The molecule has 2 aromatic carbocycles. The molecule has 180 valence electrons. The van der Waals surface area contributed by atoms with Gasteiger partial charge in [0.15, 0.2) is 5.96 Å². The highest BCUT2D eigenvalue weighted by Crippen LogP contribution is 2.24.